The molecule has 0 amide bonds. The van der Waals surface area contributed by atoms with E-state index in [-0.39, 0.29) is 15.5 Å². The summed E-state index contributed by atoms with van der Waals surface area (Å²) in [6, 6.07) is 10.0. The van der Waals surface area contributed by atoms with Crippen molar-refractivity contribution in [2.24, 2.45) is 0 Å². The molecule has 1 N–H and O–H groups in total. The molecular formula is C18H18ClNO6S. The van der Waals surface area contributed by atoms with Crippen LogP contribution in [0, 0.1) is 0 Å². The average molecular weight is 412 g/mol. The molecule has 0 aromatic heterocycles. The zero-order valence-electron chi connectivity index (χ0n) is 14.7. The number of hydrogen-bond donors (Lipinski definition) is 1. The van der Waals surface area contributed by atoms with Crippen LogP contribution in [0.2, 0.25) is 5.02 Å². The number of ketones is 1. The van der Waals surface area contributed by atoms with Crippen LogP contribution in [0.5, 0.6) is 5.75 Å². The number of nitrogens with one attached hydrogen (secondary N) is 1. The van der Waals surface area contributed by atoms with E-state index in [0.717, 1.165) is 6.07 Å². The molecular weight excluding hydrogens is 394 g/mol. The van der Waals surface area contributed by atoms with E-state index in [2.05, 4.69) is 4.72 Å². The Labute approximate surface area is 162 Å². The fraction of sp³-hybridized carbons (Fsp3) is 0.222. The van der Waals surface area contributed by atoms with Crippen molar-refractivity contribution in [1.82, 2.24) is 4.72 Å². The van der Waals surface area contributed by atoms with Gasteiger partial charge in [0.25, 0.3) is 0 Å². The third-order valence-electron chi connectivity index (χ3n) is 3.56. The number of rotatable bonds is 8. The van der Waals surface area contributed by atoms with E-state index in [0.29, 0.717) is 17.9 Å². The fourth-order valence-corrected chi connectivity index (χ4v) is 3.09. The van der Waals surface area contributed by atoms with Crippen LogP contribution >= 0.6 is 11.6 Å². The van der Waals surface area contributed by atoms with Gasteiger partial charge in [0.2, 0.25) is 10.0 Å². The van der Waals surface area contributed by atoms with Crippen molar-refractivity contribution >= 4 is 33.4 Å². The standard InChI is InChI=1S/C18H18ClNO6S/c1-3-25-13-6-4-12(5-7-13)17(21)11-26-18(22)15-10-14(8-9-16(15)19)27(23,24)20-2/h4-10,20H,3,11H2,1-2H3. The molecule has 0 saturated heterocycles. The number of carbonyl (C=O) groups is 2. The summed E-state index contributed by atoms with van der Waals surface area (Å²) in [5.41, 5.74) is 0.205. The van der Waals surface area contributed by atoms with Crippen molar-refractivity contribution in [3.05, 3.63) is 58.6 Å². The van der Waals surface area contributed by atoms with Gasteiger partial charge in [0.05, 0.1) is 22.1 Å². The molecule has 2 aromatic carbocycles. The highest BCUT2D eigenvalue weighted by Gasteiger charge is 2.19. The Balaban J connectivity index is 2.09. The van der Waals surface area contributed by atoms with E-state index in [9.17, 15) is 18.0 Å². The number of hydrogen-bond acceptors (Lipinski definition) is 6. The molecule has 2 rings (SSSR count). The molecule has 2 aromatic rings. The highest BCUT2D eigenvalue weighted by atomic mass is 35.5. The Morgan fingerprint density at radius 1 is 1.11 bits per heavy atom. The number of benzene rings is 2. The van der Waals surface area contributed by atoms with Crippen LogP contribution in [0.25, 0.3) is 0 Å². The van der Waals surface area contributed by atoms with E-state index in [1.165, 1.54) is 19.2 Å². The Morgan fingerprint density at radius 3 is 2.37 bits per heavy atom. The summed E-state index contributed by atoms with van der Waals surface area (Å²) in [6.07, 6.45) is 0. The van der Waals surface area contributed by atoms with Gasteiger partial charge in [0.15, 0.2) is 12.4 Å². The van der Waals surface area contributed by atoms with Gasteiger partial charge in [-0.15, -0.1) is 0 Å². The summed E-state index contributed by atoms with van der Waals surface area (Å²) in [6.45, 7) is 1.85. The summed E-state index contributed by atoms with van der Waals surface area (Å²) in [7, 11) is -2.50. The van der Waals surface area contributed by atoms with Crippen LogP contribution in [0.3, 0.4) is 0 Å². The largest absolute Gasteiger partial charge is 0.494 e. The van der Waals surface area contributed by atoms with Crippen LogP contribution in [0.15, 0.2) is 47.4 Å². The second-order valence-electron chi connectivity index (χ2n) is 5.31. The molecule has 0 saturated carbocycles. The third kappa shape index (κ3) is 5.29. The van der Waals surface area contributed by atoms with Crippen molar-refractivity contribution in [3.8, 4) is 5.75 Å². The van der Waals surface area contributed by atoms with Crippen LogP contribution in [0.4, 0.5) is 0 Å². The van der Waals surface area contributed by atoms with Crippen molar-refractivity contribution < 1.29 is 27.5 Å². The Kier molecular flexibility index (Phi) is 6.95. The molecule has 7 nitrogen and oxygen atoms in total. The second-order valence-corrected chi connectivity index (χ2v) is 7.60. The molecule has 27 heavy (non-hydrogen) atoms. The number of sulfonamides is 1. The topological polar surface area (TPSA) is 98.8 Å². The maximum absolute atomic E-state index is 12.2. The lowest BCUT2D eigenvalue weighted by Crippen LogP contribution is -2.19. The summed E-state index contributed by atoms with van der Waals surface area (Å²) in [5, 5.41) is 0.0172. The van der Waals surface area contributed by atoms with Gasteiger partial charge in [0.1, 0.15) is 5.75 Å². The van der Waals surface area contributed by atoms with Crippen LogP contribution in [-0.4, -0.2) is 40.4 Å². The van der Waals surface area contributed by atoms with E-state index in [1.807, 2.05) is 6.92 Å². The Bertz CT molecular complexity index is 941. The smallest absolute Gasteiger partial charge is 0.340 e. The van der Waals surface area contributed by atoms with Crippen molar-refractivity contribution in [2.45, 2.75) is 11.8 Å². The van der Waals surface area contributed by atoms with Gasteiger partial charge in [-0.25, -0.2) is 17.9 Å². The van der Waals surface area contributed by atoms with Gasteiger partial charge in [-0.1, -0.05) is 11.6 Å². The second kappa shape index (κ2) is 8.98. The number of Topliss-reactive ketones (excluding diaryl/α,β-unsaturated/α-hetero) is 1. The Hall–Kier alpha value is -2.42. The minimum Gasteiger partial charge on any atom is -0.494 e. The van der Waals surface area contributed by atoms with E-state index in [1.54, 1.807) is 24.3 Å². The SMILES string of the molecule is CCOc1ccc(C(=O)COC(=O)c2cc(S(=O)(=O)NC)ccc2Cl)cc1. The first-order chi connectivity index (χ1) is 12.8. The maximum Gasteiger partial charge on any atom is 0.340 e. The number of ether oxygens (including phenoxy) is 2. The minimum atomic E-state index is -3.75. The van der Waals surface area contributed by atoms with Gasteiger partial charge in [-0.3, -0.25) is 4.79 Å². The summed E-state index contributed by atoms with van der Waals surface area (Å²) in [4.78, 5) is 24.2. The zero-order chi connectivity index (χ0) is 20.0. The molecule has 0 aliphatic heterocycles. The molecule has 0 atom stereocenters. The normalized spacial score (nSPS) is 11.1. The fourth-order valence-electron chi connectivity index (χ4n) is 2.14. The van der Waals surface area contributed by atoms with Gasteiger partial charge in [-0.2, -0.15) is 0 Å². The minimum absolute atomic E-state index is 0.0172. The van der Waals surface area contributed by atoms with Crippen LogP contribution in [0.1, 0.15) is 27.6 Å². The molecule has 0 unspecified atom stereocenters. The number of carbonyl (C=O) groups excluding carboxylic acids is 2. The van der Waals surface area contributed by atoms with E-state index < -0.39 is 28.4 Å². The summed E-state index contributed by atoms with van der Waals surface area (Å²) < 4.78 is 36.1. The monoisotopic (exact) mass is 411 g/mol. The molecule has 0 aliphatic carbocycles. The third-order valence-corrected chi connectivity index (χ3v) is 5.30. The molecule has 0 bridgehead atoms. The van der Waals surface area contributed by atoms with Crippen LogP contribution < -0.4 is 9.46 Å². The lowest BCUT2D eigenvalue weighted by atomic mass is 10.1. The van der Waals surface area contributed by atoms with Crippen LogP contribution in [-0.2, 0) is 14.8 Å². The van der Waals surface area contributed by atoms with Gasteiger partial charge < -0.3 is 9.47 Å². The van der Waals surface area contributed by atoms with E-state index in [4.69, 9.17) is 21.1 Å². The summed E-state index contributed by atoms with van der Waals surface area (Å²) >= 11 is 5.95. The summed E-state index contributed by atoms with van der Waals surface area (Å²) in [5.74, 6) is -0.686. The first kappa shape index (κ1) is 20.9. The molecule has 0 radical (unpaired) electrons. The molecule has 144 valence electrons. The number of esters is 1. The quantitative estimate of drug-likeness (QED) is 0.529. The van der Waals surface area contributed by atoms with Gasteiger partial charge in [0, 0.05) is 5.56 Å². The zero-order valence-corrected chi connectivity index (χ0v) is 16.3. The average Bonchev–Trinajstić information content (AvgIpc) is 2.66. The van der Waals surface area contributed by atoms with Gasteiger partial charge >= 0.3 is 5.97 Å². The van der Waals surface area contributed by atoms with Crippen molar-refractivity contribution in [3.63, 3.8) is 0 Å². The molecule has 0 spiro atoms. The predicted octanol–water partition coefficient (Wildman–Crippen LogP) is 2.69. The lowest BCUT2D eigenvalue weighted by molar-refractivity contribution is 0.0474. The van der Waals surface area contributed by atoms with Gasteiger partial charge in [-0.05, 0) is 56.4 Å². The van der Waals surface area contributed by atoms with Crippen molar-refractivity contribution in [2.75, 3.05) is 20.3 Å². The first-order valence-electron chi connectivity index (χ1n) is 7.94. The highest BCUT2D eigenvalue weighted by molar-refractivity contribution is 7.89. The first-order valence-corrected chi connectivity index (χ1v) is 9.81. The molecule has 0 fully saturated rings. The highest BCUT2D eigenvalue weighted by Crippen LogP contribution is 2.21. The van der Waals surface area contributed by atoms with Crippen molar-refractivity contribution in [1.29, 1.82) is 0 Å². The lowest BCUT2D eigenvalue weighted by Gasteiger charge is -2.09. The molecule has 0 aliphatic rings. The molecule has 9 heteroatoms. The maximum atomic E-state index is 12.2. The Morgan fingerprint density at radius 2 is 1.78 bits per heavy atom. The number of halogens is 1. The predicted molar refractivity (Wildman–Crippen MR) is 99.9 cm³/mol. The molecule has 0 heterocycles. The van der Waals surface area contributed by atoms with E-state index >= 15 is 0 Å².